The van der Waals surface area contributed by atoms with E-state index >= 15 is 0 Å². The van der Waals surface area contributed by atoms with Gasteiger partial charge in [0.05, 0.1) is 16.2 Å². The van der Waals surface area contributed by atoms with Crippen molar-refractivity contribution in [2.24, 2.45) is 0 Å². The van der Waals surface area contributed by atoms with Gasteiger partial charge in [0.25, 0.3) is 0 Å². The minimum Gasteiger partial charge on any atom is -0.388 e. The van der Waals surface area contributed by atoms with Gasteiger partial charge >= 0.3 is 0 Å². The molecule has 1 aromatic carbocycles. The van der Waals surface area contributed by atoms with Crippen LogP contribution in [0.4, 0.5) is 5.69 Å². The molecule has 0 heterocycles. The summed E-state index contributed by atoms with van der Waals surface area (Å²) in [5.74, 6) is 0. The zero-order valence-electron chi connectivity index (χ0n) is 8.83. The van der Waals surface area contributed by atoms with Crippen molar-refractivity contribution in [3.05, 3.63) is 28.8 Å². The van der Waals surface area contributed by atoms with Crippen molar-refractivity contribution in [1.82, 2.24) is 0 Å². The third kappa shape index (κ3) is 2.29. The summed E-state index contributed by atoms with van der Waals surface area (Å²) in [7, 11) is 0. The Kier molecular flexibility index (Phi) is 3.04. The normalized spacial score (nSPS) is 17.3. The first-order valence-corrected chi connectivity index (χ1v) is 5.67. The molecule has 0 aromatic heterocycles. The molecule has 1 aliphatic carbocycles. The van der Waals surface area contributed by atoms with Gasteiger partial charge in [0.1, 0.15) is 6.07 Å². The molecule has 2 rings (SSSR count). The van der Waals surface area contributed by atoms with Crippen molar-refractivity contribution < 1.29 is 5.11 Å². The van der Waals surface area contributed by atoms with E-state index in [9.17, 15) is 5.11 Å². The van der Waals surface area contributed by atoms with Crippen LogP contribution < -0.4 is 5.32 Å². The van der Waals surface area contributed by atoms with E-state index in [1.165, 1.54) is 0 Å². The second-order valence-corrected chi connectivity index (χ2v) is 4.65. The first-order chi connectivity index (χ1) is 7.63. The van der Waals surface area contributed by atoms with Crippen LogP contribution in [0.5, 0.6) is 0 Å². The van der Waals surface area contributed by atoms with Gasteiger partial charge in [0.2, 0.25) is 0 Å². The summed E-state index contributed by atoms with van der Waals surface area (Å²) in [6.45, 7) is 0.537. The molecule has 0 aliphatic heterocycles. The van der Waals surface area contributed by atoms with E-state index in [-0.39, 0.29) is 0 Å². The molecule has 0 atom stereocenters. The Balaban J connectivity index is 2.00. The maximum atomic E-state index is 9.89. The fraction of sp³-hybridized carbons (Fsp3) is 0.417. The summed E-state index contributed by atoms with van der Waals surface area (Å²) in [4.78, 5) is 0. The number of hydrogen-bond acceptors (Lipinski definition) is 3. The number of nitrogens with one attached hydrogen (secondary N) is 1. The SMILES string of the molecule is N#Cc1ccc(NCC2(O)CCC2)cc1Cl. The van der Waals surface area contributed by atoms with Gasteiger partial charge in [-0.25, -0.2) is 0 Å². The molecule has 0 unspecified atom stereocenters. The maximum absolute atomic E-state index is 9.89. The highest BCUT2D eigenvalue weighted by molar-refractivity contribution is 6.32. The van der Waals surface area contributed by atoms with Crippen LogP contribution >= 0.6 is 11.6 Å². The number of hydrogen-bond donors (Lipinski definition) is 2. The fourth-order valence-corrected chi connectivity index (χ4v) is 1.97. The van der Waals surface area contributed by atoms with E-state index in [0.29, 0.717) is 17.1 Å². The standard InChI is InChI=1S/C12H13ClN2O/c13-11-6-10(3-2-9(11)7-14)15-8-12(16)4-1-5-12/h2-3,6,15-16H,1,4-5,8H2. The predicted molar refractivity (Wildman–Crippen MR) is 63.5 cm³/mol. The molecule has 2 N–H and O–H groups in total. The Labute approximate surface area is 99.7 Å². The summed E-state index contributed by atoms with van der Waals surface area (Å²) < 4.78 is 0. The van der Waals surface area contributed by atoms with Gasteiger partial charge in [-0.05, 0) is 37.5 Å². The van der Waals surface area contributed by atoms with Crippen molar-refractivity contribution in [3.8, 4) is 6.07 Å². The van der Waals surface area contributed by atoms with Crippen molar-refractivity contribution in [1.29, 1.82) is 5.26 Å². The topological polar surface area (TPSA) is 56.0 Å². The smallest absolute Gasteiger partial charge is 0.101 e. The Morgan fingerprint density at radius 3 is 2.75 bits per heavy atom. The first-order valence-electron chi connectivity index (χ1n) is 5.29. The van der Waals surface area contributed by atoms with Crippen molar-refractivity contribution >= 4 is 17.3 Å². The third-order valence-corrected chi connectivity index (χ3v) is 3.31. The van der Waals surface area contributed by atoms with Gasteiger partial charge in [-0.15, -0.1) is 0 Å². The predicted octanol–water partition coefficient (Wildman–Crippen LogP) is 2.54. The van der Waals surface area contributed by atoms with Crippen LogP contribution in [0.3, 0.4) is 0 Å². The van der Waals surface area contributed by atoms with Crippen molar-refractivity contribution in [3.63, 3.8) is 0 Å². The lowest BCUT2D eigenvalue weighted by Gasteiger charge is -2.36. The van der Waals surface area contributed by atoms with E-state index in [1.807, 2.05) is 6.07 Å². The molecule has 0 bridgehead atoms. The van der Waals surface area contributed by atoms with Crippen molar-refractivity contribution in [2.45, 2.75) is 24.9 Å². The monoisotopic (exact) mass is 236 g/mol. The van der Waals surface area contributed by atoms with Gasteiger partial charge < -0.3 is 10.4 Å². The summed E-state index contributed by atoms with van der Waals surface area (Å²) in [6, 6.07) is 7.19. The van der Waals surface area contributed by atoms with E-state index in [4.69, 9.17) is 16.9 Å². The van der Waals surface area contributed by atoms with Crippen LogP contribution in [0, 0.1) is 11.3 Å². The number of nitrogens with zero attached hydrogens (tertiary/aromatic N) is 1. The van der Waals surface area contributed by atoms with Crippen LogP contribution in [0.1, 0.15) is 24.8 Å². The number of halogens is 1. The zero-order valence-corrected chi connectivity index (χ0v) is 9.59. The molecule has 84 valence electrons. The quantitative estimate of drug-likeness (QED) is 0.848. The number of benzene rings is 1. The average molecular weight is 237 g/mol. The lowest BCUT2D eigenvalue weighted by Crippen LogP contribution is -2.43. The van der Waals surface area contributed by atoms with Crippen LogP contribution in [0.25, 0.3) is 0 Å². The molecule has 0 spiro atoms. The minimum atomic E-state index is -0.555. The molecule has 1 aliphatic rings. The van der Waals surface area contributed by atoms with E-state index in [1.54, 1.807) is 18.2 Å². The maximum Gasteiger partial charge on any atom is 0.101 e. The lowest BCUT2D eigenvalue weighted by molar-refractivity contribution is -0.0201. The molecule has 1 aromatic rings. The average Bonchev–Trinajstić information content (AvgIpc) is 2.24. The summed E-state index contributed by atoms with van der Waals surface area (Å²) >= 11 is 5.90. The largest absolute Gasteiger partial charge is 0.388 e. The van der Waals surface area contributed by atoms with Crippen LogP contribution in [-0.2, 0) is 0 Å². The van der Waals surface area contributed by atoms with Gasteiger partial charge in [0, 0.05) is 12.2 Å². The molecule has 1 fully saturated rings. The molecule has 0 amide bonds. The fourth-order valence-electron chi connectivity index (χ4n) is 1.74. The van der Waals surface area contributed by atoms with E-state index in [2.05, 4.69) is 5.32 Å². The zero-order chi connectivity index (χ0) is 11.6. The molecule has 0 saturated heterocycles. The van der Waals surface area contributed by atoms with Gasteiger partial charge in [-0.3, -0.25) is 0 Å². The van der Waals surface area contributed by atoms with Gasteiger partial charge in [0.15, 0.2) is 0 Å². The molecular weight excluding hydrogens is 224 g/mol. The van der Waals surface area contributed by atoms with Crippen LogP contribution in [0.15, 0.2) is 18.2 Å². The Hall–Kier alpha value is -1.24. The molecular formula is C12H13ClN2O. The summed E-state index contributed by atoms with van der Waals surface area (Å²) in [5.41, 5.74) is 0.749. The van der Waals surface area contributed by atoms with Crippen molar-refractivity contribution in [2.75, 3.05) is 11.9 Å². The lowest BCUT2D eigenvalue weighted by atomic mass is 9.80. The number of nitriles is 1. The Bertz CT molecular complexity index is 435. The third-order valence-electron chi connectivity index (χ3n) is 3.00. The number of anilines is 1. The highest BCUT2D eigenvalue weighted by Crippen LogP contribution is 2.32. The highest BCUT2D eigenvalue weighted by Gasteiger charge is 2.33. The first kappa shape index (κ1) is 11.3. The van der Waals surface area contributed by atoms with E-state index in [0.717, 1.165) is 24.9 Å². The molecule has 4 heteroatoms. The molecule has 1 saturated carbocycles. The van der Waals surface area contributed by atoms with Gasteiger partial charge in [-0.2, -0.15) is 5.26 Å². The molecule has 16 heavy (non-hydrogen) atoms. The summed E-state index contributed by atoms with van der Waals surface area (Å²) in [5, 5.41) is 22.2. The number of rotatable bonds is 3. The Morgan fingerprint density at radius 2 is 2.25 bits per heavy atom. The minimum absolute atomic E-state index is 0.438. The second kappa shape index (κ2) is 4.32. The van der Waals surface area contributed by atoms with Crippen LogP contribution in [0.2, 0.25) is 5.02 Å². The highest BCUT2D eigenvalue weighted by atomic mass is 35.5. The van der Waals surface area contributed by atoms with Gasteiger partial charge in [-0.1, -0.05) is 11.6 Å². The van der Waals surface area contributed by atoms with Crippen LogP contribution in [-0.4, -0.2) is 17.3 Å². The second-order valence-electron chi connectivity index (χ2n) is 4.24. The summed E-state index contributed by atoms with van der Waals surface area (Å²) in [6.07, 6.45) is 2.79. The molecule has 0 radical (unpaired) electrons. The van der Waals surface area contributed by atoms with E-state index < -0.39 is 5.60 Å². The Morgan fingerprint density at radius 1 is 1.50 bits per heavy atom. The molecule has 3 nitrogen and oxygen atoms in total. The number of aliphatic hydroxyl groups is 1.